The van der Waals surface area contributed by atoms with Crippen molar-refractivity contribution in [2.45, 2.75) is 18.7 Å². The lowest BCUT2D eigenvalue weighted by molar-refractivity contribution is 0.647. The second kappa shape index (κ2) is 5.88. The summed E-state index contributed by atoms with van der Waals surface area (Å²) in [6.07, 6.45) is 5.29. The summed E-state index contributed by atoms with van der Waals surface area (Å²) in [5, 5.41) is 3.47. The second-order valence-corrected chi connectivity index (χ2v) is 5.10. The van der Waals surface area contributed by atoms with Crippen LogP contribution in [0.3, 0.4) is 0 Å². The van der Waals surface area contributed by atoms with Crippen molar-refractivity contribution in [2.24, 2.45) is 0 Å². The minimum Gasteiger partial charge on any atom is -0.311 e. The molecule has 1 aromatic heterocycles. The van der Waals surface area contributed by atoms with E-state index in [0.717, 1.165) is 13.1 Å². The van der Waals surface area contributed by atoms with E-state index >= 15 is 0 Å². The first kappa shape index (κ1) is 11.3. The zero-order chi connectivity index (χ0) is 10.4. The summed E-state index contributed by atoms with van der Waals surface area (Å²) in [4.78, 5) is 3.94. The third-order valence-corrected chi connectivity index (χ3v) is 3.38. The van der Waals surface area contributed by atoms with Crippen molar-refractivity contribution >= 4 is 10.8 Å². The Labute approximate surface area is 87.4 Å². The van der Waals surface area contributed by atoms with Gasteiger partial charge in [0.2, 0.25) is 0 Å². The van der Waals surface area contributed by atoms with E-state index in [9.17, 15) is 4.21 Å². The number of hydrogen-bond donors (Lipinski definition) is 1. The molecule has 4 heteroatoms. The number of nitrogens with one attached hydrogen (secondary N) is 1. The summed E-state index contributed by atoms with van der Waals surface area (Å²) in [6.45, 7) is 3.57. The molecule has 1 aromatic rings. The molecular weight excluding hydrogens is 196 g/mol. The van der Waals surface area contributed by atoms with E-state index in [0.29, 0.717) is 0 Å². The highest BCUT2D eigenvalue weighted by Gasteiger charge is 2.04. The molecule has 0 spiro atoms. The molecule has 0 saturated carbocycles. The largest absolute Gasteiger partial charge is 0.311 e. The lowest BCUT2D eigenvalue weighted by Gasteiger charge is -2.09. The molecule has 0 aromatic carbocycles. The van der Waals surface area contributed by atoms with Crippen molar-refractivity contribution in [3.05, 3.63) is 30.1 Å². The molecule has 0 fully saturated rings. The first-order valence-corrected chi connectivity index (χ1v) is 6.24. The lowest BCUT2D eigenvalue weighted by atomic mass is 10.3. The van der Waals surface area contributed by atoms with Gasteiger partial charge in [-0.2, -0.15) is 0 Å². The molecule has 1 rings (SSSR count). The Bertz CT molecular complexity index is 289. The molecule has 0 aliphatic heterocycles. The Morgan fingerprint density at radius 1 is 1.50 bits per heavy atom. The maximum absolute atomic E-state index is 11.0. The van der Waals surface area contributed by atoms with Crippen molar-refractivity contribution < 1.29 is 4.21 Å². The molecule has 14 heavy (non-hydrogen) atoms. The minimum atomic E-state index is -0.743. The molecule has 0 aliphatic rings. The highest BCUT2D eigenvalue weighted by molar-refractivity contribution is 7.84. The smallest absolute Gasteiger partial charge is 0.0441 e. The van der Waals surface area contributed by atoms with E-state index in [-0.39, 0.29) is 5.25 Å². The van der Waals surface area contributed by atoms with Crippen LogP contribution in [0, 0.1) is 0 Å². The molecule has 0 amide bonds. The van der Waals surface area contributed by atoms with Crippen LogP contribution < -0.4 is 5.32 Å². The topological polar surface area (TPSA) is 42.0 Å². The highest BCUT2D eigenvalue weighted by Crippen LogP contribution is 1.96. The normalized spacial score (nSPS) is 15.0. The summed E-state index contributed by atoms with van der Waals surface area (Å²) in [6, 6.07) is 3.95. The van der Waals surface area contributed by atoms with E-state index in [1.54, 1.807) is 18.6 Å². The van der Waals surface area contributed by atoms with E-state index in [1.807, 2.05) is 19.1 Å². The van der Waals surface area contributed by atoms with Gasteiger partial charge in [0, 0.05) is 47.8 Å². The zero-order valence-electron chi connectivity index (χ0n) is 8.56. The van der Waals surface area contributed by atoms with E-state index < -0.39 is 10.8 Å². The first-order chi connectivity index (χ1) is 6.70. The molecule has 2 unspecified atom stereocenters. The van der Waals surface area contributed by atoms with Gasteiger partial charge in [-0.05, 0) is 24.6 Å². The third kappa shape index (κ3) is 3.98. The maximum Gasteiger partial charge on any atom is 0.0441 e. The van der Waals surface area contributed by atoms with Crippen molar-refractivity contribution in [1.82, 2.24) is 10.3 Å². The Hall–Kier alpha value is -0.740. The third-order valence-electron chi connectivity index (χ3n) is 2.08. The van der Waals surface area contributed by atoms with Gasteiger partial charge in [0.05, 0.1) is 0 Å². The van der Waals surface area contributed by atoms with Crippen molar-refractivity contribution in [1.29, 1.82) is 0 Å². The SMILES string of the molecule is CC(CNCc1ccncc1)S(C)=O. The standard InChI is InChI=1S/C10H16N2OS/c1-9(14(2)13)7-12-8-10-3-5-11-6-4-10/h3-6,9,12H,7-8H2,1-2H3. The number of nitrogens with zero attached hydrogens (tertiary/aromatic N) is 1. The summed E-state index contributed by atoms with van der Waals surface area (Å²) >= 11 is 0. The molecule has 1 heterocycles. The number of hydrogen-bond acceptors (Lipinski definition) is 3. The van der Waals surface area contributed by atoms with Gasteiger partial charge in [-0.25, -0.2) is 0 Å². The zero-order valence-corrected chi connectivity index (χ0v) is 9.38. The quantitative estimate of drug-likeness (QED) is 0.790. The highest BCUT2D eigenvalue weighted by atomic mass is 32.2. The predicted molar refractivity (Wildman–Crippen MR) is 59.5 cm³/mol. The Morgan fingerprint density at radius 2 is 2.14 bits per heavy atom. The summed E-state index contributed by atoms with van der Waals surface area (Å²) in [5.74, 6) is 0. The summed E-state index contributed by atoms with van der Waals surface area (Å²) in [5.41, 5.74) is 1.20. The fraction of sp³-hybridized carbons (Fsp3) is 0.500. The average Bonchev–Trinajstić information content (AvgIpc) is 2.19. The van der Waals surface area contributed by atoms with Crippen LogP contribution in [0.15, 0.2) is 24.5 Å². The first-order valence-electron chi connectivity index (χ1n) is 4.62. The fourth-order valence-corrected chi connectivity index (χ4v) is 1.39. The van der Waals surface area contributed by atoms with Crippen LogP contribution in [0.5, 0.6) is 0 Å². The van der Waals surface area contributed by atoms with Gasteiger partial charge < -0.3 is 5.32 Å². The van der Waals surface area contributed by atoms with Crippen LogP contribution in [-0.4, -0.2) is 27.2 Å². The molecule has 0 saturated heterocycles. The van der Waals surface area contributed by atoms with E-state index in [4.69, 9.17) is 0 Å². The second-order valence-electron chi connectivity index (χ2n) is 3.30. The van der Waals surface area contributed by atoms with Gasteiger partial charge in [0.25, 0.3) is 0 Å². The fourth-order valence-electron chi connectivity index (χ4n) is 1.04. The number of rotatable bonds is 5. The average molecular weight is 212 g/mol. The molecular formula is C10H16N2OS. The van der Waals surface area contributed by atoms with E-state index in [2.05, 4.69) is 10.3 Å². The lowest BCUT2D eigenvalue weighted by Crippen LogP contribution is -2.27. The van der Waals surface area contributed by atoms with Crippen LogP contribution in [-0.2, 0) is 17.3 Å². The Balaban J connectivity index is 2.26. The van der Waals surface area contributed by atoms with Crippen molar-refractivity contribution in [3.63, 3.8) is 0 Å². The molecule has 0 bridgehead atoms. The molecule has 2 atom stereocenters. The molecule has 0 aliphatic carbocycles. The molecule has 1 N–H and O–H groups in total. The van der Waals surface area contributed by atoms with Crippen LogP contribution in [0.25, 0.3) is 0 Å². The van der Waals surface area contributed by atoms with Gasteiger partial charge in [0.15, 0.2) is 0 Å². The summed E-state index contributed by atoms with van der Waals surface area (Å²) in [7, 11) is -0.743. The Morgan fingerprint density at radius 3 is 2.71 bits per heavy atom. The van der Waals surface area contributed by atoms with Gasteiger partial charge in [-0.1, -0.05) is 0 Å². The van der Waals surface area contributed by atoms with Crippen molar-refractivity contribution in [2.75, 3.05) is 12.8 Å². The van der Waals surface area contributed by atoms with Gasteiger partial charge in [-0.3, -0.25) is 9.19 Å². The van der Waals surface area contributed by atoms with Crippen LogP contribution in [0.1, 0.15) is 12.5 Å². The number of pyridine rings is 1. The Kier molecular flexibility index (Phi) is 4.76. The summed E-state index contributed by atoms with van der Waals surface area (Å²) < 4.78 is 11.0. The van der Waals surface area contributed by atoms with Crippen LogP contribution in [0.4, 0.5) is 0 Å². The van der Waals surface area contributed by atoms with E-state index in [1.165, 1.54) is 5.56 Å². The van der Waals surface area contributed by atoms with Crippen molar-refractivity contribution in [3.8, 4) is 0 Å². The van der Waals surface area contributed by atoms with Crippen LogP contribution in [0.2, 0.25) is 0 Å². The van der Waals surface area contributed by atoms with Crippen LogP contribution >= 0.6 is 0 Å². The maximum atomic E-state index is 11.0. The predicted octanol–water partition coefficient (Wildman–Crippen LogP) is 0.938. The minimum absolute atomic E-state index is 0.205. The van der Waals surface area contributed by atoms with Gasteiger partial charge in [0.1, 0.15) is 0 Å². The van der Waals surface area contributed by atoms with Gasteiger partial charge in [-0.15, -0.1) is 0 Å². The molecule has 78 valence electrons. The molecule has 3 nitrogen and oxygen atoms in total. The monoisotopic (exact) mass is 212 g/mol. The molecule has 0 radical (unpaired) electrons. The van der Waals surface area contributed by atoms with Gasteiger partial charge >= 0.3 is 0 Å². The number of aromatic nitrogens is 1.